The third-order valence-corrected chi connectivity index (χ3v) is 3.28. The molecule has 0 saturated heterocycles. The Morgan fingerprint density at radius 2 is 2.12 bits per heavy atom. The lowest BCUT2D eigenvalue weighted by Gasteiger charge is -2.11. The van der Waals surface area contributed by atoms with Crippen molar-refractivity contribution >= 4 is 17.9 Å². The molecule has 6 heteroatoms. The Labute approximate surface area is 145 Å². The molecule has 0 N–H and O–H groups in total. The van der Waals surface area contributed by atoms with Gasteiger partial charge in [-0.05, 0) is 42.8 Å². The van der Waals surface area contributed by atoms with Crippen molar-refractivity contribution in [2.45, 2.75) is 6.92 Å². The van der Waals surface area contributed by atoms with Crippen molar-refractivity contribution in [3.63, 3.8) is 0 Å². The number of aliphatic imine (C=N–C) groups is 1. The molecule has 0 saturated carbocycles. The van der Waals surface area contributed by atoms with E-state index in [0.717, 1.165) is 5.56 Å². The smallest absolute Gasteiger partial charge is 0.363 e. The molecule has 2 heterocycles. The molecular weight excluding hydrogens is 322 g/mol. The van der Waals surface area contributed by atoms with E-state index in [1.165, 1.54) is 6.26 Å². The first-order valence-corrected chi connectivity index (χ1v) is 7.78. The topological polar surface area (TPSA) is 70.3 Å². The Morgan fingerprint density at radius 1 is 1.24 bits per heavy atom. The number of benzene rings is 1. The van der Waals surface area contributed by atoms with Crippen molar-refractivity contribution in [1.29, 1.82) is 0 Å². The highest BCUT2D eigenvalue weighted by molar-refractivity contribution is 6.11. The summed E-state index contributed by atoms with van der Waals surface area (Å²) in [5.41, 5.74) is 0.930. The minimum absolute atomic E-state index is 0.150. The molecule has 0 unspecified atom stereocenters. The maximum Gasteiger partial charge on any atom is 0.363 e. The second-order valence-corrected chi connectivity index (χ2v) is 5.05. The second kappa shape index (κ2) is 7.53. The Bertz CT molecular complexity index is 834. The molecule has 0 aliphatic carbocycles. The maximum absolute atomic E-state index is 12.0. The van der Waals surface area contributed by atoms with Gasteiger partial charge in [-0.15, -0.1) is 0 Å². The van der Waals surface area contributed by atoms with Gasteiger partial charge in [0.25, 0.3) is 5.90 Å². The number of ether oxygens (including phenoxy) is 3. The summed E-state index contributed by atoms with van der Waals surface area (Å²) in [6, 6.07) is 8.74. The first-order valence-electron chi connectivity index (χ1n) is 7.78. The molecule has 0 atom stereocenters. The summed E-state index contributed by atoms with van der Waals surface area (Å²) < 4.78 is 21.5. The molecule has 25 heavy (non-hydrogen) atoms. The fraction of sp³-hybridized carbons (Fsp3) is 0.158. The van der Waals surface area contributed by atoms with E-state index in [2.05, 4.69) is 11.6 Å². The number of rotatable bonds is 7. The van der Waals surface area contributed by atoms with E-state index in [9.17, 15) is 4.79 Å². The third kappa shape index (κ3) is 3.80. The number of hydrogen-bond donors (Lipinski definition) is 0. The fourth-order valence-electron chi connectivity index (χ4n) is 2.22. The first-order chi connectivity index (χ1) is 12.2. The molecule has 0 radical (unpaired) electrons. The van der Waals surface area contributed by atoms with E-state index in [1.807, 2.05) is 13.0 Å². The number of carbonyl (C=O) groups excluding carboxylic acids is 1. The highest BCUT2D eigenvalue weighted by Crippen LogP contribution is 2.30. The standard InChI is InChI=1S/C19H17NO5/c1-3-9-23-15-8-7-13(12-17(15)22-4-2)11-14-19(21)25-18(20-14)16-6-5-10-24-16/h3,5-8,10-12H,1,4,9H2,2H3/b14-11+. The van der Waals surface area contributed by atoms with Gasteiger partial charge in [0.2, 0.25) is 0 Å². The minimum Gasteiger partial charge on any atom is -0.490 e. The van der Waals surface area contributed by atoms with Gasteiger partial charge in [-0.1, -0.05) is 18.7 Å². The zero-order valence-corrected chi connectivity index (χ0v) is 13.7. The molecule has 0 amide bonds. The molecule has 0 bridgehead atoms. The van der Waals surface area contributed by atoms with Crippen LogP contribution in [-0.4, -0.2) is 25.1 Å². The summed E-state index contributed by atoms with van der Waals surface area (Å²) in [6.45, 7) is 6.38. The summed E-state index contributed by atoms with van der Waals surface area (Å²) >= 11 is 0. The number of cyclic esters (lactones) is 1. The van der Waals surface area contributed by atoms with Crippen LogP contribution >= 0.6 is 0 Å². The van der Waals surface area contributed by atoms with Crippen LogP contribution in [0, 0.1) is 0 Å². The summed E-state index contributed by atoms with van der Waals surface area (Å²) in [4.78, 5) is 16.2. The van der Waals surface area contributed by atoms with Gasteiger partial charge < -0.3 is 18.6 Å². The van der Waals surface area contributed by atoms with E-state index >= 15 is 0 Å². The third-order valence-electron chi connectivity index (χ3n) is 3.28. The van der Waals surface area contributed by atoms with Crippen LogP contribution in [0.4, 0.5) is 0 Å². The first kappa shape index (κ1) is 16.6. The van der Waals surface area contributed by atoms with Gasteiger partial charge in [0.15, 0.2) is 23.0 Å². The van der Waals surface area contributed by atoms with Crippen molar-refractivity contribution in [2.24, 2.45) is 4.99 Å². The molecule has 0 spiro atoms. The molecule has 6 nitrogen and oxygen atoms in total. The average molecular weight is 339 g/mol. The van der Waals surface area contributed by atoms with Gasteiger partial charge in [-0.2, -0.15) is 0 Å². The number of nitrogens with zero attached hydrogens (tertiary/aromatic N) is 1. The zero-order chi connectivity index (χ0) is 17.6. The molecule has 0 fully saturated rings. The highest BCUT2D eigenvalue weighted by Gasteiger charge is 2.25. The van der Waals surface area contributed by atoms with E-state index in [0.29, 0.717) is 30.5 Å². The number of hydrogen-bond acceptors (Lipinski definition) is 6. The number of esters is 1. The molecular formula is C19H17NO5. The Hall–Kier alpha value is -3.28. The largest absolute Gasteiger partial charge is 0.490 e. The molecule has 1 aliphatic heterocycles. The van der Waals surface area contributed by atoms with E-state index < -0.39 is 5.97 Å². The van der Waals surface area contributed by atoms with Gasteiger partial charge in [-0.3, -0.25) is 0 Å². The Kier molecular flexibility index (Phi) is 4.99. The van der Waals surface area contributed by atoms with Crippen LogP contribution in [0.25, 0.3) is 6.08 Å². The fourth-order valence-corrected chi connectivity index (χ4v) is 2.22. The molecule has 1 aliphatic rings. The molecule has 1 aromatic carbocycles. The van der Waals surface area contributed by atoms with Crippen molar-refractivity contribution < 1.29 is 23.4 Å². The second-order valence-electron chi connectivity index (χ2n) is 5.05. The number of carbonyl (C=O) groups is 1. The van der Waals surface area contributed by atoms with Crippen LogP contribution in [0.1, 0.15) is 18.2 Å². The van der Waals surface area contributed by atoms with Gasteiger partial charge in [0.1, 0.15) is 6.61 Å². The molecule has 128 valence electrons. The summed E-state index contributed by atoms with van der Waals surface area (Å²) in [5, 5.41) is 0. The quantitative estimate of drug-likeness (QED) is 0.438. The lowest BCUT2D eigenvalue weighted by Crippen LogP contribution is -2.04. The molecule has 3 rings (SSSR count). The normalized spacial score (nSPS) is 15.0. The average Bonchev–Trinajstić information content (AvgIpc) is 3.25. The van der Waals surface area contributed by atoms with Crippen molar-refractivity contribution in [3.05, 3.63) is 66.3 Å². The monoisotopic (exact) mass is 339 g/mol. The van der Waals surface area contributed by atoms with Crippen LogP contribution in [0.2, 0.25) is 0 Å². The Balaban J connectivity index is 1.88. The van der Waals surface area contributed by atoms with Gasteiger partial charge >= 0.3 is 5.97 Å². The van der Waals surface area contributed by atoms with Gasteiger partial charge in [0.05, 0.1) is 12.9 Å². The number of furan rings is 1. The summed E-state index contributed by atoms with van der Waals surface area (Å²) in [7, 11) is 0. The van der Waals surface area contributed by atoms with E-state index in [-0.39, 0.29) is 11.6 Å². The molecule has 1 aromatic heterocycles. The SMILES string of the molecule is C=CCOc1ccc(/C=C2/N=C(c3ccco3)OC2=O)cc1OCC. The van der Waals surface area contributed by atoms with Gasteiger partial charge in [0, 0.05) is 0 Å². The predicted molar refractivity (Wildman–Crippen MR) is 92.6 cm³/mol. The van der Waals surface area contributed by atoms with E-state index in [1.54, 1.807) is 36.4 Å². The van der Waals surface area contributed by atoms with Crippen molar-refractivity contribution in [2.75, 3.05) is 13.2 Å². The van der Waals surface area contributed by atoms with Crippen LogP contribution in [0.3, 0.4) is 0 Å². The highest BCUT2D eigenvalue weighted by atomic mass is 16.6. The van der Waals surface area contributed by atoms with Crippen LogP contribution in [-0.2, 0) is 9.53 Å². The summed E-state index contributed by atoms with van der Waals surface area (Å²) in [6.07, 6.45) is 4.77. The van der Waals surface area contributed by atoms with Crippen LogP contribution < -0.4 is 9.47 Å². The van der Waals surface area contributed by atoms with E-state index in [4.69, 9.17) is 18.6 Å². The van der Waals surface area contributed by atoms with Crippen molar-refractivity contribution in [3.8, 4) is 11.5 Å². The minimum atomic E-state index is -0.531. The maximum atomic E-state index is 12.0. The lowest BCUT2D eigenvalue weighted by atomic mass is 10.1. The predicted octanol–water partition coefficient (Wildman–Crippen LogP) is 3.59. The Morgan fingerprint density at radius 3 is 2.84 bits per heavy atom. The summed E-state index contributed by atoms with van der Waals surface area (Å²) in [5.74, 6) is 1.21. The van der Waals surface area contributed by atoms with Gasteiger partial charge in [-0.25, -0.2) is 9.79 Å². The molecule has 2 aromatic rings. The van der Waals surface area contributed by atoms with Crippen LogP contribution in [0.15, 0.2) is 64.4 Å². The van der Waals surface area contributed by atoms with Crippen LogP contribution in [0.5, 0.6) is 11.5 Å². The zero-order valence-electron chi connectivity index (χ0n) is 13.7. The lowest BCUT2D eigenvalue weighted by molar-refractivity contribution is -0.130. The van der Waals surface area contributed by atoms with Crippen molar-refractivity contribution in [1.82, 2.24) is 0 Å².